The summed E-state index contributed by atoms with van der Waals surface area (Å²) in [4.78, 5) is 13.0. The average Bonchev–Trinajstić information content (AvgIpc) is 2.74. The van der Waals surface area contributed by atoms with E-state index in [-0.39, 0.29) is 24.0 Å². The van der Waals surface area contributed by atoms with E-state index in [0.717, 1.165) is 24.5 Å². The second-order valence-corrected chi connectivity index (χ2v) is 5.49. The lowest BCUT2D eigenvalue weighted by molar-refractivity contribution is 0.428. The van der Waals surface area contributed by atoms with Crippen LogP contribution in [0.15, 0.2) is 23.3 Å². The first kappa shape index (κ1) is 18.0. The van der Waals surface area contributed by atoms with Gasteiger partial charge in [0.15, 0.2) is 5.96 Å². The summed E-state index contributed by atoms with van der Waals surface area (Å²) in [5.74, 6) is 1.63. The summed E-state index contributed by atoms with van der Waals surface area (Å²) in [6.45, 7) is 2.69. The Bertz CT molecular complexity index is 453. The summed E-state index contributed by atoms with van der Waals surface area (Å²) in [5, 5.41) is 0. The van der Waals surface area contributed by atoms with Crippen molar-refractivity contribution in [3.63, 3.8) is 0 Å². The molecule has 1 aromatic heterocycles. The minimum absolute atomic E-state index is 0. The van der Waals surface area contributed by atoms with E-state index in [2.05, 4.69) is 20.9 Å². The highest BCUT2D eigenvalue weighted by molar-refractivity contribution is 14.0. The SMILES string of the molecule is CN(C)c1cc(CN=C(N)N2CCCCCC2)ccn1.I. The molecule has 0 aliphatic carbocycles. The molecule has 0 aromatic carbocycles. The summed E-state index contributed by atoms with van der Waals surface area (Å²) >= 11 is 0. The van der Waals surface area contributed by atoms with Gasteiger partial charge in [-0.15, -0.1) is 24.0 Å². The Morgan fingerprint density at radius 1 is 1.29 bits per heavy atom. The van der Waals surface area contributed by atoms with Crippen LogP contribution in [0.25, 0.3) is 0 Å². The maximum absolute atomic E-state index is 6.11. The number of anilines is 1. The van der Waals surface area contributed by atoms with Crippen molar-refractivity contribution in [2.45, 2.75) is 32.2 Å². The van der Waals surface area contributed by atoms with Crippen molar-refractivity contribution in [2.24, 2.45) is 10.7 Å². The minimum atomic E-state index is 0. The van der Waals surface area contributed by atoms with E-state index in [4.69, 9.17) is 5.73 Å². The summed E-state index contributed by atoms with van der Waals surface area (Å²) in [7, 11) is 3.97. The molecule has 0 bridgehead atoms. The molecular weight excluding hydrogens is 377 g/mol. The number of nitrogens with zero attached hydrogens (tertiary/aromatic N) is 4. The van der Waals surface area contributed by atoms with Gasteiger partial charge in [-0.1, -0.05) is 12.8 Å². The third kappa shape index (κ3) is 5.68. The zero-order valence-electron chi connectivity index (χ0n) is 13.0. The number of aromatic nitrogens is 1. The Morgan fingerprint density at radius 3 is 2.57 bits per heavy atom. The first-order chi connectivity index (χ1) is 9.66. The third-order valence-electron chi connectivity index (χ3n) is 3.62. The lowest BCUT2D eigenvalue weighted by Gasteiger charge is -2.21. The van der Waals surface area contributed by atoms with E-state index < -0.39 is 0 Å². The van der Waals surface area contributed by atoms with Crippen molar-refractivity contribution in [3.05, 3.63) is 23.9 Å². The Balaban J connectivity index is 0.00000220. The Labute approximate surface area is 144 Å². The average molecular weight is 403 g/mol. The number of aliphatic imine (C=N–C) groups is 1. The number of hydrogen-bond donors (Lipinski definition) is 1. The molecule has 2 heterocycles. The zero-order valence-corrected chi connectivity index (χ0v) is 15.3. The molecule has 0 unspecified atom stereocenters. The highest BCUT2D eigenvalue weighted by Gasteiger charge is 2.10. The van der Waals surface area contributed by atoms with Gasteiger partial charge < -0.3 is 15.5 Å². The number of rotatable bonds is 3. The third-order valence-corrected chi connectivity index (χ3v) is 3.62. The van der Waals surface area contributed by atoms with Crippen molar-refractivity contribution in [2.75, 3.05) is 32.1 Å². The molecule has 1 aliphatic rings. The van der Waals surface area contributed by atoms with E-state index in [1.54, 1.807) is 0 Å². The van der Waals surface area contributed by atoms with E-state index in [1.807, 2.05) is 31.3 Å². The maximum atomic E-state index is 6.11. The van der Waals surface area contributed by atoms with E-state index in [9.17, 15) is 0 Å². The van der Waals surface area contributed by atoms with Crippen molar-refractivity contribution < 1.29 is 0 Å². The van der Waals surface area contributed by atoms with Crippen LogP contribution in [-0.2, 0) is 6.54 Å². The lowest BCUT2D eigenvalue weighted by Crippen LogP contribution is -2.38. The summed E-state index contributed by atoms with van der Waals surface area (Å²) < 4.78 is 0. The number of nitrogens with two attached hydrogens (primary N) is 1. The van der Waals surface area contributed by atoms with Gasteiger partial charge in [-0.2, -0.15) is 0 Å². The molecule has 1 aliphatic heterocycles. The van der Waals surface area contributed by atoms with Crippen LogP contribution in [0.2, 0.25) is 0 Å². The van der Waals surface area contributed by atoms with Crippen LogP contribution in [0.4, 0.5) is 5.82 Å². The van der Waals surface area contributed by atoms with E-state index >= 15 is 0 Å². The second kappa shape index (κ2) is 9.07. The normalized spacial score (nSPS) is 16.1. The van der Waals surface area contributed by atoms with Gasteiger partial charge in [0.05, 0.1) is 6.54 Å². The predicted molar refractivity (Wildman–Crippen MR) is 99.3 cm³/mol. The van der Waals surface area contributed by atoms with Crippen molar-refractivity contribution in [1.82, 2.24) is 9.88 Å². The highest BCUT2D eigenvalue weighted by atomic mass is 127. The van der Waals surface area contributed by atoms with Crippen LogP contribution in [0.5, 0.6) is 0 Å². The van der Waals surface area contributed by atoms with Crippen LogP contribution in [-0.4, -0.2) is 43.0 Å². The zero-order chi connectivity index (χ0) is 14.4. The minimum Gasteiger partial charge on any atom is -0.370 e. The van der Waals surface area contributed by atoms with Gasteiger partial charge in [0.1, 0.15) is 5.82 Å². The topological polar surface area (TPSA) is 57.8 Å². The fraction of sp³-hybridized carbons (Fsp3) is 0.600. The predicted octanol–water partition coefficient (Wildman–Crippen LogP) is 2.46. The Morgan fingerprint density at radius 2 is 1.95 bits per heavy atom. The fourth-order valence-corrected chi connectivity index (χ4v) is 2.38. The quantitative estimate of drug-likeness (QED) is 0.479. The number of guanidine groups is 1. The molecule has 6 heteroatoms. The molecular formula is C15H26IN5. The maximum Gasteiger partial charge on any atom is 0.191 e. The lowest BCUT2D eigenvalue weighted by atomic mass is 10.2. The summed E-state index contributed by atoms with van der Waals surface area (Å²) in [6.07, 6.45) is 6.87. The van der Waals surface area contributed by atoms with E-state index in [1.165, 1.54) is 25.7 Å². The standard InChI is InChI=1S/C15H25N5.HI/c1-19(2)14-11-13(7-8-17-14)12-18-15(16)20-9-5-3-4-6-10-20;/h7-8,11H,3-6,9-10,12H2,1-2H3,(H2,16,18);1H. The monoisotopic (exact) mass is 403 g/mol. The molecule has 5 nitrogen and oxygen atoms in total. The molecule has 0 amide bonds. The Hall–Kier alpha value is -1.05. The van der Waals surface area contributed by atoms with Gasteiger partial charge in [0, 0.05) is 33.4 Å². The van der Waals surface area contributed by atoms with Crippen LogP contribution in [0.1, 0.15) is 31.2 Å². The largest absolute Gasteiger partial charge is 0.370 e. The van der Waals surface area contributed by atoms with E-state index in [0.29, 0.717) is 12.5 Å². The van der Waals surface area contributed by atoms with Crippen LogP contribution in [0, 0.1) is 0 Å². The molecule has 2 N–H and O–H groups in total. The van der Waals surface area contributed by atoms with Crippen molar-refractivity contribution in [1.29, 1.82) is 0 Å². The first-order valence-corrected chi connectivity index (χ1v) is 7.34. The fourth-order valence-electron chi connectivity index (χ4n) is 2.38. The van der Waals surface area contributed by atoms with Gasteiger partial charge >= 0.3 is 0 Å². The van der Waals surface area contributed by atoms with Gasteiger partial charge in [-0.25, -0.2) is 9.98 Å². The molecule has 2 rings (SSSR count). The molecule has 1 aromatic rings. The molecule has 0 atom stereocenters. The Kier molecular flexibility index (Phi) is 7.77. The number of halogens is 1. The van der Waals surface area contributed by atoms with Gasteiger partial charge in [0.2, 0.25) is 0 Å². The van der Waals surface area contributed by atoms with Crippen molar-refractivity contribution >= 4 is 35.8 Å². The summed E-state index contributed by atoms with van der Waals surface area (Å²) in [6, 6.07) is 4.05. The second-order valence-electron chi connectivity index (χ2n) is 5.49. The summed E-state index contributed by atoms with van der Waals surface area (Å²) in [5.41, 5.74) is 7.25. The van der Waals surface area contributed by atoms with Gasteiger partial charge in [0.25, 0.3) is 0 Å². The molecule has 1 fully saturated rings. The van der Waals surface area contributed by atoms with Crippen molar-refractivity contribution in [3.8, 4) is 0 Å². The highest BCUT2D eigenvalue weighted by Crippen LogP contribution is 2.12. The molecule has 118 valence electrons. The van der Waals surface area contributed by atoms with Gasteiger partial charge in [-0.05, 0) is 30.5 Å². The first-order valence-electron chi connectivity index (χ1n) is 7.34. The molecule has 0 radical (unpaired) electrons. The number of likely N-dealkylation sites (tertiary alicyclic amines) is 1. The molecule has 1 saturated heterocycles. The van der Waals surface area contributed by atoms with Gasteiger partial charge in [-0.3, -0.25) is 0 Å². The van der Waals surface area contributed by atoms with Crippen LogP contribution >= 0.6 is 24.0 Å². The molecule has 21 heavy (non-hydrogen) atoms. The number of pyridine rings is 1. The molecule has 0 spiro atoms. The smallest absolute Gasteiger partial charge is 0.191 e. The number of hydrogen-bond acceptors (Lipinski definition) is 3. The van der Waals surface area contributed by atoms with Crippen LogP contribution in [0.3, 0.4) is 0 Å². The molecule has 0 saturated carbocycles. The van der Waals surface area contributed by atoms with Crippen LogP contribution < -0.4 is 10.6 Å².